The normalized spacial score (nSPS) is 10.8. The molecule has 1 rings (SSSR count). The summed E-state index contributed by atoms with van der Waals surface area (Å²) in [5.74, 6) is -1.65. The summed E-state index contributed by atoms with van der Waals surface area (Å²) in [7, 11) is 0. The SMILES string of the molecule is CCCCCCCCCOC(=O)CCCCCCCCC(=O)OCc1cc(F)ccc1F. The molecule has 0 saturated heterocycles. The largest absolute Gasteiger partial charge is 0.466 e. The molecule has 0 unspecified atom stereocenters. The van der Waals surface area contributed by atoms with Gasteiger partial charge in [0, 0.05) is 18.4 Å². The molecule has 0 amide bonds. The van der Waals surface area contributed by atoms with Gasteiger partial charge >= 0.3 is 11.9 Å². The fourth-order valence-electron chi connectivity index (χ4n) is 3.45. The van der Waals surface area contributed by atoms with Crippen LogP contribution in [-0.4, -0.2) is 18.5 Å². The zero-order valence-corrected chi connectivity index (χ0v) is 19.6. The number of hydrogen-bond acceptors (Lipinski definition) is 4. The van der Waals surface area contributed by atoms with Crippen LogP contribution in [0.3, 0.4) is 0 Å². The van der Waals surface area contributed by atoms with Crippen LogP contribution in [-0.2, 0) is 25.7 Å². The van der Waals surface area contributed by atoms with Gasteiger partial charge in [-0.3, -0.25) is 9.59 Å². The van der Waals surface area contributed by atoms with Crippen LogP contribution in [0.2, 0.25) is 0 Å². The van der Waals surface area contributed by atoms with Gasteiger partial charge in [-0.05, 0) is 37.5 Å². The molecule has 4 nitrogen and oxygen atoms in total. The van der Waals surface area contributed by atoms with E-state index in [1.54, 1.807) is 0 Å². The molecule has 0 N–H and O–H groups in total. The molecule has 1 aromatic carbocycles. The highest BCUT2D eigenvalue weighted by atomic mass is 19.1. The molecule has 0 atom stereocenters. The number of carbonyl (C=O) groups excluding carboxylic acids is 2. The van der Waals surface area contributed by atoms with E-state index in [4.69, 9.17) is 9.47 Å². The molecule has 0 aromatic heterocycles. The van der Waals surface area contributed by atoms with E-state index in [0.29, 0.717) is 19.4 Å². The van der Waals surface area contributed by atoms with Gasteiger partial charge in [0.1, 0.15) is 18.2 Å². The number of carbonyl (C=O) groups is 2. The summed E-state index contributed by atoms with van der Waals surface area (Å²) in [6.45, 7) is 2.49. The quantitative estimate of drug-likeness (QED) is 0.161. The van der Waals surface area contributed by atoms with Gasteiger partial charge in [-0.1, -0.05) is 71.1 Å². The molecule has 0 spiro atoms. The maximum atomic E-state index is 13.5. The first-order valence-corrected chi connectivity index (χ1v) is 12.3. The maximum Gasteiger partial charge on any atom is 0.306 e. The molecule has 0 heterocycles. The van der Waals surface area contributed by atoms with Crippen LogP contribution < -0.4 is 0 Å². The van der Waals surface area contributed by atoms with Crippen LogP contribution >= 0.6 is 0 Å². The van der Waals surface area contributed by atoms with E-state index in [1.807, 2.05) is 0 Å². The fourth-order valence-corrected chi connectivity index (χ4v) is 3.45. The molecular weight excluding hydrogens is 414 g/mol. The zero-order valence-electron chi connectivity index (χ0n) is 19.6. The third-order valence-corrected chi connectivity index (χ3v) is 5.42. The van der Waals surface area contributed by atoms with Crippen molar-refractivity contribution in [3.63, 3.8) is 0 Å². The summed E-state index contributed by atoms with van der Waals surface area (Å²) in [4.78, 5) is 23.4. The lowest BCUT2D eigenvalue weighted by molar-refractivity contribution is -0.145. The monoisotopic (exact) mass is 454 g/mol. The van der Waals surface area contributed by atoms with E-state index in [0.717, 1.165) is 63.1 Å². The smallest absolute Gasteiger partial charge is 0.306 e. The lowest BCUT2D eigenvalue weighted by Crippen LogP contribution is -2.06. The minimum Gasteiger partial charge on any atom is -0.466 e. The number of halogens is 2. The molecule has 0 aliphatic heterocycles. The topological polar surface area (TPSA) is 52.6 Å². The Morgan fingerprint density at radius 3 is 1.88 bits per heavy atom. The summed E-state index contributed by atoms with van der Waals surface area (Å²) in [6, 6.07) is 3.09. The third-order valence-electron chi connectivity index (χ3n) is 5.42. The van der Waals surface area contributed by atoms with Crippen LogP contribution in [0.4, 0.5) is 8.78 Å². The third kappa shape index (κ3) is 14.9. The van der Waals surface area contributed by atoms with Crippen molar-refractivity contribution in [2.24, 2.45) is 0 Å². The highest BCUT2D eigenvalue weighted by Crippen LogP contribution is 2.13. The molecule has 0 fully saturated rings. The second-order valence-electron chi connectivity index (χ2n) is 8.36. The number of benzene rings is 1. The Kier molecular flexibility index (Phi) is 16.3. The Morgan fingerprint density at radius 1 is 0.719 bits per heavy atom. The number of ether oxygens (including phenoxy) is 2. The van der Waals surface area contributed by atoms with Crippen molar-refractivity contribution in [1.82, 2.24) is 0 Å². The van der Waals surface area contributed by atoms with Gasteiger partial charge in [-0.15, -0.1) is 0 Å². The van der Waals surface area contributed by atoms with Crippen molar-refractivity contribution >= 4 is 11.9 Å². The van der Waals surface area contributed by atoms with Gasteiger partial charge in [-0.25, -0.2) is 8.78 Å². The first-order chi connectivity index (χ1) is 15.5. The summed E-state index contributed by atoms with van der Waals surface area (Å²) >= 11 is 0. The average Bonchev–Trinajstić information content (AvgIpc) is 2.78. The van der Waals surface area contributed by atoms with E-state index in [2.05, 4.69) is 6.92 Å². The molecule has 182 valence electrons. The van der Waals surface area contributed by atoms with Crippen LogP contribution in [0, 0.1) is 11.6 Å². The highest BCUT2D eigenvalue weighted by molar-refractivity contribution is 5.69. The van der Waals surface area contributed by atoms with Gasteiger partial charge in [0.2, 0.25) is 0 Å². The Morgan fingerprint density at radius 2 is 1.25 bits per heavy atom. The average molecular weight is 455 g/mol. The fraction of sp³-hybridized carbons (Fsp3) is 0.692. The van der Waals surface area contributed by atoms with Gasteiger partial charge in [0.05, 0.1) is 6.61 Å². The molecule has 0 aliphatic rings. The van der Waals surface area contributed by atoms with Crippen molar-refractivity contribution in [2.75, 3.05) is 6.61 Å². The Hall–Kier alpha value is -1.98. The summed E-state index contributed by atoms with van der Waals surface area (Å²) in [6.07, 6.45) is 14.6. The van der Waals surface area contributed by atoms with Crippen molar-refractivity contribution in [3.8, 4) is 0 Å². The predicted molar refractivity (Wildman–Crippen MR) is 122 cm³/mol. The zero-order chi connectivity index (χ0) is 23.4. The second-order valence-corrected chi connectivity index (χ2v) is 8.36. The number of hydrogen-bond donors (Lipinski definition) is 0. The Balaban J connectivity index is 1.89. The van der Waals surface area contributed by atoms with Crippen molar-refractivity contribution < 1.29 is 27.8 Å². The molecule has 1 aromatic rings. The lowest BCUT2D eigenvalue weighted by atomic mass is 10.1. The second kappa shape index (κ2) is 18.6. The van der Waals surface area contributed by atoms with Crippen LogP contribution in [0.1, 0.15) is 109 Å². The standard InChI is InChI=1S/C26H40F2O4/c1-2-3-4-5-8-11-14-19-31-25(29)15-12-9-6-7-10-13-16-26(30)32-21-22-20-23(27)17-18-24(22)28/h17-18,20H,2-16,19,21H2,1H3. The molecule has 0 aliphatic carbocycles. The lowest BCUT2D eigenvalue weighted by Gasteiger charge is -2.06. The van der Waals surface area contributed by atoms with Gasteiger partial charge in [-0.2, -0.15) is 0 Å². The van der Waals surface area contributed by atoms with E-state index in [-0.39, 0.29) is 24.6 Å². The first kappa shape index (κ1) is 28.1. The number of esters is 2. The Bertz CT molecular complexity index is 649. The highest BCUT2D eigenvalue weighted by Gasteiger charge is 2.08. The molecular formula is C26H40F2O4. The molecule has 32 heavy (non-hydrogen) atoms. The van der Waals surface area contributed by atoms with Crippen LogP contribution in [0.25, 0.3) is 0 Å². The van der Waals surface area contributed by atoms with E-state index in [1.165, 1.54) is 32.1 Å². The van der Waals surface area contributed by atoms with Gasteiger partial charge < -0.3 is 9.47 Å². The summed E-state index contributed by atoms with van der Waals surface area (Å²) in [5.41, 5.74) is 0.0410. The van der Waals surface area contributed by atoms with Crippen molar-refractivity contribution in [3.05, 3.63) is 35.4 Å². The van der Waals surface area contributed by atoms with Crippen LogP contribution in [0.15, 0.2) is 18.2 Å². The van der Waals surface area contributed by atoms with E-state index >= 15 is 0 Å². The van der Waals surface area contributed by atoms with Gasteiger partial charge in [0.15, 0.2) is 0 Å². The molecule has 6 heteroatoms. The van der Waals surface area contributed by atoms with E-state index < -0.39 is 17.6 Å². The Labute approximate surface area is 192 Å². The minimum absolute atomic E-state index is 0.0410. The predicted octanol–water partition coefficient (Wildman–Crippen LogP) is 7.42. The van der Waals surface area contributed by atoms with Gasteiger partial charge in [0.25, 0.3) is 0 Å². The number of unbranched alkanes of at least 4 members (excludes halogenated alkanes) is 11. The first-order valence-electron chi connectivity index (χ1n) is 12.3. The molecule has 0 saturated carbocycles. The molecule has 0 bridgehead atoms. The maximum absolute atomic E-state index is 13.5. The van der Waals surface area contributed by atoms with E-state index in [9.17, 15) is 18.4 Å². The van der Waals surface area contributed by atoms with Crippen molar-refractivity contribution in [2.45, 2.75) is 110 Å². The van der Waals surface area contributed by atoms with Crippen molar-refractivity contribution in [1.29, 1.82) is 0 Å². The summed E-state index contributed by atoms with van der Waals surface area (Å²) in [5, 5.41) is 0. The van der Waals surface area contributed by atoms with Crippen LogP contribution in [0.5, 0.6) is 0 Å². The molecule has 0 radical (unpaired) electrons. The number of rotatable bonds is 19. The minimum atomic E-state index is -0.583. The summed E-state index contributed by atoms with van der Waals surface area (Å²) < 4.78 is 36.8.